The van der Waals surface area contributed by atoms with Crippen LogP contribution in [0.2, 0.25) is 0 Å². The number of hydrogen-bond acceptors (Lipinski definition) is 3. The van der Waals surface area contributed by atoms with Crippen molar-refractivity contribution in [2.75, 3.05) is 12.4 Å². The van der Waals surface area contributed by atoms with Gasteiger partial charge in [0.1, 0.15) is 11.6 Å². The number of anilines is 1. The molecule has 0 heterocycles. The zero-order chi connectivity index (χ0) is 15.4. The molecule has 4 nitrogen and oxygen atoms in total. The van der Waals surface area contributed by atoms with E-state index in [0.717, 1.165) is 0 Å². The maximum absolute atomic E-state index is 13.2. The highest BCUT2D eigenvalue weighted by molar-refractivity contribution is 9.10. The lowest BCUT2D eigenvalue weighted by atomic mass is 10.1. The lowest BCUT2D eigenvalue weighted by Crippen LogP contribution is -2.20. The molecule has 0 aromatic heterocycles. The van der Waals surface area contributed by atoms with E-state index in [9.17, 15) is 14.3 Å². The average molecular weight is 354 g/mol. The summed E-state index contributed by atoms with van der Waals surface area (Å²) < 4.78 is 18.9. The fourth-order valence-corrected chi connectivity index (χ4v) is 2.45. The molecule has 2 rings (SSSR count). The monoisotopic (exact) mass is 353 g/mol. The minimum atomic E-state index is -1.06. The van der Waals surface area contributed by atoms with Gasteiger partial charge in [-0.2, -0.15) is 0 Å². The molecular formula is C15H13BrFNO3. The van der Waals surface area contributed by atoms with Crippen LogP contribution in [0.5, 0.6) is 5.75 Å². The summed E-state index contributed by atoms with van der Waals surface area (Å²) in [6, 6.07) is 9.65. The van der Waals surface area contributed by atoms with Gasteiger partial charge in [-0.1, -0.05) is 12.1 Å². The Balaban J connectivity index is 2.31. The van der Waals surface area contributed by atoms with E-state index in [1.807, 2.05) is 0 Å². The van der Waals surface area contributed by atoms with E-state index in [0.29, 0.717) is 21.5 Å². The van der Waals surface area contributed by atoms with Gasteiger partial charge in [0.25, 0.3) is 0 Å². The molecule has 0 aliphatic carbocycles. The molecule has 0 aliphatic rings. The second-order valence-corrected chi connectivity index (χ2v) is 5.17. The van der Waals surface area contributed by atoms with Gasteiger partial charge in [-0.05, 0) is 51.8 Å². The Labute approximate surface area is 129 Å². The van der Waals surface area contributed by atoms with Crippen molar-refractivity contribution in [1.29, 1.82) is 0 Å². The number of ether oxygens (including phenoxy) is 1. The molecule has 0 saturated heterocycles. The summed E-state index contributed by atoms with van der Waals surface area (Å²) in [5.74, 6) is -0.884. The summed E-state index contributed by atoms with van der Waals surface area (Å²) in [5.41, 5.74) is 0.925. The van der Waals surface area contributed by atoms with Gasteiger partial charge in [0, 0.05) is 5.69 Å². The molecule has 0 spiro atoms. The fourth-order valence-electron chi connectivity index (χ4n) is 1.89. The van der Waals surface area contributed by atoms with Crippen LogP contribution in [0.4, 0.5) is 10.1 Å². The molecule has 0 fully saturated rings. The maximum atomic E-state index is 13.2. The number of aliphatic carboxylic acids is 1. The van der Waals surface area contributed by atoms with Gasteiger partial charge in [-0.25, -0.2) is 9.18 Å². The van der Waals surface area contributed by atoms with E-state index in [1.54, 1.807) is 24.3 Å². The number of methoxy groups -OCH3 is 1. The average Bonchev–Trinajstić information content (AvgIpc) is 2.44. The molecule has 0 saturated carbocycles. The third kappa shape index (κ3) is 3.72. The minimum Gasteiger partial charge on any atom is -0.496 e. The van der Waals surface area contributed by atoms with Crippen LogP contribution < -0.4 is 10.1 Å². The summed E-state index contributed by atoms with van der Waals surface area (Å²) in [6.45, 7) is 0. The van der Waals surface area contributed by atoms with Gasteiger partial charge < -0.3 is 15.2 Å². The number of carbonyl (C=O) groups is 1. The van der Waals surface area contributed by atoms with Crippen molar-refractivity contribution in [3.63, 3.8) is 0 Å². The lowest BCUT2D eigenvalue weighted by Gasteiger charge is -2.17. The Hall–Kier alpha value is -2.08. The quantitative estimate of drug-likeness (QED) is 0.857. The first-order valence-electron chi connectivity index (χ1n) is 6.09. The molecule has 2 N–H and O–H groups in total. The molecule has 2 aromatic rings. The number of carboxylic acids is 1. The van der Waals surface area contributed by atoms with Crippen LogP contribution >= 0.6 is 15.9 Å². The number of nitrogens with one attached hydrogen (secondary N) is 1. The van der Waals surface area contributed by atoms with E-state index >= 15 is 0 Å². The van der Waals surface area contributed by atoms with Crippen molar-refractivity contribution < 1.29 is 19.0 Å². The molecule has 1 atom stereocenters. The Morgan fingerprint density at radius 2 is 2.10 bits per heavy atom. The molecule has 1 unspecified atom stereocenters. The van der Waals surface area contributed by atoms with E-state index in [4.69, 9.17) is 4.74 Å². The van der Waals surface area contributed by atoms with Crippen LogP contribution in [0.25, 0.3) is 0 Å². The molecule has 2 aromatic carbocycles. The van der Waals surface area contributed by atoms with Crippen molar-refractivity contribution in [3.8, 4) is 5.75 Å². The van der Waals surface area contributed by atoms with E-state index < -0.39 is 17.8 Å². The second kappa shape index (κ2) is 6.58. The van der Waals surface area contributed by atoms with Crippen molar-refractivity contribution in [1.82, 2.24) is 0 Å². The first-order valence-corrected chi connectivity index (χ1v) is 6.89. The molecule has 21 heavy (non-hydrogen) atoms. The Morgan fingerprint density at radius 1 is 1.33 bits per heavy atom. The van der Waals surface area contributed by atoms with Crippen molar-refractivity contribution >= 4 is 27.6 Å². The highest BCUT2D eigenvalue weighted by atomic mass is 79.9. The largest absolute Gasteiger partial charge is 0.496 e. The number of rotatable bonds is 5. The van der Waals surface area contributed by atoms with Gasteiger partial charge in [0.05, 0.1) is 11.6 Å². The molecular weight excluding hydrogens is 341 g/mol. The van der Waals surface area contributed by atoms with Crippen LogP contribution in [0.15, 0.2) is 46.9 Å². The van der Waals surface area contributed by atoms with E-state index in [1.165, 1.54) is 25.3 Å². The zero-order valence-corrected chi connectivity index (χ0v) is 12.7. The van der Waals surface area contributed by atoms with Crippen molar-refractivity contribution in [3.05, 3.63) is 58.3 Å². The molecule has 6 heteroatoms. The van der Waals surface area contributed by atoms with Crippen LogP contribution in [-0.4, -0.2) is 18.2 Å². The van der Waals surface area contributed by atoms with Gasteiger partial charge >= 0.3 is 5.97 Å². The standard InChI is InChI=1S/C15H13BrFNO3/c1-21-13-6-5-9(7-12(13)16)14(15(19)20)18-11-4-2-3-10(17)8-11/h2-8,14,18H,1H3,(H,19,20). The van der Waals surface area contributed by atoms with Gasteiger partial charge in [0.2, 0.25) is 0 Å². The predicted molar refractivity (Wildman–Crippen MR) is 81.1 cm³/mol. The van der Waals surface area contributed by atoms with Crippen LogP contribution in [0, 0.1) is 5.82 Å². The third-order valence-electron chi connectivity index (χ3n) is 2.89. The molecule has 0 amide bonds. The van der Waals surface area contributed by atoms with E-state index in [-0.39, 0.29) is 0 Å². The maximum Gasteiger partial charge on any atom is 0.330 e. The fraction of sp³-hybridized carbons (Fsp3) is 0.133. The summed E-state index contributed by atoms with van der Waals surface area (Å²) in [5, 5.41) is 12.2. The highest BCUT2D eigenvalue weighted by Gasteiger charge is 2.20. The van der Waals surface area contributed by atoms with Crippen LogP contribution in [-0.2, 0) is 4.79 Å². The number of carboxylic acid groups (broad SMARTS) is 1. The first kappa shape index (κ1) is 15.3. The highest BCUT2D eigenvalue weighted by Crippen LogP contribution is 2.29. The normalized spacial score (nSPS) is 11.8. The second-order valence-electron chi connectivity index (χ2n) is 4.32. The zero-order valence-electron chi connectivity index (χ0n) is 11.1. The minimum absolute atomic E-state index is 0.398. The van der Waals surface area contributed by atoms with Gasteiger partial charge in [-0.15, -0.1) is 0 Å². The first-order chi connectivity index (χ1) is 10.0. The van der Waals surface area contributed by atoms with Crippen LogP contribution in [0.1, 0.15) is 11.6 Å². The Morgan fingerprint density at radius 3 is 2.67 bits per heavy atom. The van der Waals surface area contributed by atoms with Gasteiger partial charge in [0.15, 0.2) is 6.04 Å². The van der Waals surface area contributed by atoms with E-state index in [2.05, 4.69) is 21.2 Å². The van der Waals surface area contributed by atoms with Crippen LogP contribution in [0.3, 0.4) is 0 Å². The summed E-state index contributed by atoms with van der Waals surface area (Å²) in [7, 11) is 1.53. The van der Waals surface area contributed by atoms with Gasteiger partial charge in [-0.3, -0.25) is 0 Å². The molecule has 0 radical (unpaired) electrons. The molecule has 0 bridgehead atoms. The van der Waals surface area contributed by atoms with Crippen molar-refractivity contribution in [2.45, 2.75) is 6.04 Å². The number of hydrogen-bond donors (Lipinski definition) is 2. The summed E-state index contributed by atoms with van der Waals surface area (Å²) >= 11 is 3.32. The molecule has 0 aliphatic heterocycles. The SMILES string of the molecule is COc1ccc(C(Nc2cccc(F)c2)C(=O)O)cc1Br. The Bertz CT molecular complexity index is 663. The predicted octanol–water partition coefficient (Wildman–Crippen LogP) is 3.83. The summed E-state index contributed by atoms with van der Waals surface area (Å²) in [6.07, 6.45) is 0. The Kier molecular flexibility index (Phi) is 4.80. The third-order valence-corrected chi connectivity index (χ3v) is 3.51. The molecule has 110 valence electrons. The number of benzene rings is 2. The summed E-state index contributed by atoms with van der Waals surface area (Å²) in [4.78, 5) is 11.5. The topological polar surface area (TPSA) is 58.6 Å². The number of halogens is 2. The smallest absolute Gasteiger partial charge is 0.330 e. The van der Waals surface area contributed by atoms with Crippen molar-refractivity contribution in [2.24, 2.45) is 0 Å². The lowest BCUT2D eigenvalue weighted by molar-refractivity contribution is -0.138.